The summed E-state index contributed by atoms with van der Waals surface area (Å²) in [6.07, 6.45) is 0.0763. The number of anilines is 1. The van der Waals surface area contributed by atoms with Crippen LogP contribution in [0.3, 0.4) is 0 Å². The van der Waals surface area contributed by atoms with E-state index >= 15 is 0 Å². The van der Waals surface area contributed by atoms with Gasteiger partial charge in [0.05, 0.1) is 0 Å². The van der Waals surface area contributed by atoms with Gasteiger partial charge in [-0.25, -0.2) is 0 Å². The van der Waals surface area contributed by atoms with Gasteiger partial charge in [-0.3, -0.25) is 19.5 Å². The van der Waals surface area contributed by atoms with Crippen LogP contribution in [0.5, 0.6) is 0 Å². The van der Waals surface area contributed by atoms with Crippen molar-refractivity contribution in [2.24, 2.45) is 4.99 Å². The van der Waals surface area contributed by atoms with Gasteiger partial charge in [0, 0.05) is 35.2 Å². The van der Waals surface area contributed by atoms with Gasteiger partial charge in [0.15, 0.2) is 5.17 Å². The molecule has 2 rings (SSSR count). The van der Waals surface area contributed by atoms with Gasteiger partial charge < -0.3 is 5.32 Å². The van der Waals surface area contributed by atoms with Crippen LogP contribution in [-0.4, -0.2) is 40.2 Å². The predicted octanol–water partition coefficient (Wildman–Crippen LogP) is 3.66. The van der Waals surface area contributed by atoms with Crippen LogP contribution in [0.25, 0.3) is 0 Å². The van der Waals surface area contributed by atoms with Gasteiger partial charge in [0.2, 0.25) is 11.8 Å². The molecular formula is C15H17Cl2N3O2S. The Morgan fingerprint density at radius 1 is 1.30 bits per heavy atom. The molecule has 23 heavy (non-hydrogen) atoms. The van der Waals surface area contributed by atoms with E-state index in [1.165, 1.54) is 11.8 Å². The molecule has 1 fully saturated rings. The van der Waals surface area contributed by atoms with E-state index in [0.29, 0.717) is 34.0 Å². The number of hydrogen-bond donors (Lipinski definition) is 1. The standard InChI is InChI=1S/C15H17Cl2N3O2S/c1-3-18-15-20(4-2)14(22)12(23-15)8-13(21)19-11-6-9(16)5-10(17)7-11/h5-7,12H,3-4,8H2,1-2H3,(H,19,21)/t12-/m0/s1. The van der Waals surface area contributed by atoms with Crippen LogP contribution < -0.4 is 5.32 Å². The molecule has 1 saturated heterocycles. The Morgan fingerprint density at radius 2 is 1.96 bits per heavy atom. The molecule has 1 aliphatic rings. The lowest BCUT2D eigenvalue weighted by Gasteiger charge is -2.13. The van der Waals surface area contributed by atoms with Crippen molar-refractivity contribution in [3.05, 3.63) is 28.2 Å². The van der Waals surface area contributed by atoms with E-state index in [-0.39, 0.29) is 18.2 Å². The maximum atomic E-state index is 12.3. The van der Waals surface area contributed by atoms with Crippen molar-refractivity contribution in [1.29, 1.82) is 0 Å². The summed E-state index contributed by atoms with van der Waals surface area (Å²) in [6.45, 7) is 4.95. The minimum absolute atomic E-state index is 0.0763. The molecule has 0 unspecified atom stereocenters. The molecule has 1 aliphatic heterocycles. The fourth-order valence-electron chi connectivity index (χ4n) is 2.19. The predicted molar refractivity (Wildman–Crippen MR) is 96.5 cm³/mol. The fourth-order valence-corrected chi connectivity index (χ4v) is 3.99. The minimum Gasteiger partial charge on any atom is -0.326 e. The third-order valence-electron chi connectivity index (χ3n) is 3.15. The van der Waals surface area contributed by atoms with E-state index in [0.717, 1.165) is 0 Å². The van der Waals surface area contributed by atoms with E-state index in [2.05, 4.69) is 10.3 Å². The summed E-state index contributed by atoms with van der Waals surface area (Å²) in [5.74, 6) is -0.341. The first-order valence-electron chi connectivity index (χ1n) is 7.23. The van der Waals surface area contributed by atoms with E-state index in [1.807, 2.05) is 13.8 Å². The lowest BCUT2D eigenvalue weighted by molar-refractivity contribution is -0.128. The third kappa shape index (κ3) is 4.62. The van der Waals surface area contributed by atoms with E-state index in [9.17, 15) is 9.59 Å². The highest BCUT2D eigenvalue weighted by atomic mass is 35.5. The number of aliphatic imine (C=N–C) groups is 1. The molecule has 0 saturated carbocycles. The van der Waals surface area contributed by atoms with Crippen molar-refractivity contribution in [3.63, 3.8) is 0 Å². The van der Waals surface area contributed by atoms with Crippen LogP contribution in [-0.2, 0) is 9.59 Å². The number of nitrogens with zero attached hydrogens (tertiary/aromatic N) is 2. The van der Waals surface area contributed by atoms with Crippen LogP contribution >= 0.6 is 35.0 Å². The molecule has 5 nitrogen and oxygen atoms in total. The minimum atomic E-state index is -0.449. The molecule has 0 radical (unpaired) electrons. The van der Waals surface area contributed by atoms with Crippen LogP contribution in [0.4, 0.5) is 5.69 Å². The van der Waals surface area contributed by atoms with Gasteiger partial charge in [-0.05, 0) is 32.0 Å². The lowest BCUT2D eigenvalue weighted by Crippen LogP contribution is -2.33. The monoisotopic (exact) mass is 373 g/mol. The Bertz CT molecular complexity index is 631. The smallest absolute Gasteiger partial charge is 0.242 e. The molecular weight excluding hydrogens is 357 g/mol. The molecule has 1 atom stereocenters. The molecule has 0 spiro atoms. The summed E-state index contributed by atoms with van der Waals surface area (Å²) in [5.41, 5.74) is 0.512. The second-order valence-electron chi connectivity index (χ2n) is 4.86. The Kier molecular flexibility index (Phi) is 6.33. The van der Waals surface area contributed by atoms with Gasteiger partial charge >= 0.3 is 0 Å². The molecule has 0 aliphatic carbocycles. The first kappa shape index (κ1) is 18.1. The number of hydrogen-bond acceptors (Lipinski definition) is 4. The molecule has 0 aromatic heterocycles. The molecule has 1 N–H and O–H groups in total. The number of nitrogens with one attached hydrogen (secondary N) is 1. The lowest BCUT2D eigenvalue weighted by atomic mass is 10.2. The van der Waals surface area contributed by atoms with Crippen LogP contribution in [0.15, 0.2) is 23.2 Å². The van der Waals surface area contributed by atoms with Crippen LogP contribution in [0.2, 0.25) is 10.0 Å². The number of benzene rings is 1. The second-order valence-corrected chi connectivity index (χ2v) is 6.90. The summed E-state index contributed by atoms with van der Waals surface area (Å²) in [6, 6.07) is 4.80. The summed E-state index contributed by atoms with van der Waals surface area (Å²) in [4.78, 5) is 30.4. The summed E-state index contributed by atoms with van der Waals surface area (Å²) in [7, 11) is 0. The van der Waals surface area contributed by atoms with Gasteiger partial charge in [-0.1, -0.05) is 35.0 Å². The van der Waals surface area contributed by atoms with Gasteiger partial charge in [0.1, 0.15) is 5.25 Å². The Morgan fingerprint density at radius 3 is 2.52 bits per heavy atom. The molecule has 1 aromatic carbocycles. The molecule has 124 valence electrons. The summed E-state index contributed by atoms with van der Waals surface area (Å²) < 4.78 is 0. The Labute approximate surface area is 149 Å². The average molecular weight is 374 g/mol. The number of rotatable bonds is 5. The first-order chi connectivity index (χ1) is 10.9. The largest absolute Gasteiger partial charge is 0.326 e. The van der Waals surface area contributed by atoms with Crippen molar-refractivity contribution in [1.82, 2.24) is 4.90 Å². The van der Waals surface area contributed by atoms with E-state index in [4.69, 9.17) is 23.2 Å². The highest BCUT2D eigenvalue weighted by Gasteiger charge is 2.38. The average Bonchev–Trinajstić information content (AvgIpc) is 2.73. The second kappa shape index (κ2) is 8.04. The number of thioether (sulfide) groups is 1. The summed E-state index contributed by atoms with van der Waals surface area (Å²) >= 11 is 13.1. The fraction of sp³-hybridized carbons (Fsp3) is 0.400. The zero-order chi connectivity index (χ0) is 17.0. The highest BCUT2D eigenvalue weighted by molar-refractivity contribution is 8.15. The topological polar surface area (TPSA) is 61.8 Å². The van der Waals surface area contributed by atoms with Crippen molar-refractivity contribution in [3.8, 4) is 0 Å². The van der Waals surface area contributed by atoms with Crippen molar-refractivity contribution in [2.45, 2.75) is 25.5 Å². The first-order valence-corrected chi connectivity index (χ1v) is 8.86. The molecule has 2 amide bonds. The SMILES string of the molecule is CCN=C1S[C@@H](CC(=O)Nc2cc(Cl)cc(Cl)c2)C(=O)N1CC. The third-order valence-corrected chi connectivity index (χ3v) is 4.80. The van der Waals surface area contributed by atoms with Crippen molar-refractivity contribution < 1.29 is 9.59 Å². The van der Waals surface area contributed by atoms with E-state index in [1.54, 1.807) is 23.1 Å². The maximum Gasteiger partial charge on any atom is 0.242 e. The number of amidine groups is 1. The van der Waals surface area contributed by atoms with Crippen LogP contribution in [0.1, 0.15) is 20.3 Å². The summed E-state index contributed by atoms with van der Waals surface area (Å²) in [5, 5.41) is 3.83. The maximum absolute atomic E-state index is 12.3. The van der Waals surface area contributed by atoms with Crippen molar-refractivity contribution in [2.75, 3.05) is 18.4 Å². The highest BCUT2D eigenvalue weighted by Crippen LogP contribution is 2.30. The van der Waals surface area contributed by atoms with Crippen molar-refractivity contribution >= 4 is 57.6 Å². The molecule has 0 bridgehead atoms. The Hall–Kier alpha value is -1.24. The van der Waals surface area contributed by atoms with Gasteiger partial charge in [0.25, 0.3) is 0 Å². The Balaban J connectivity index is 2.03. The number of halogens is 2. The molecule has 1 heterocycles. The number of carbonyl (C=O) groups excluding carboxylic acids is 2. The van der Waals surface area contributed by atoms with Gasteiger partial charge in [-0.15, -0.1) is 0 Å². The van der Waals surface area contributed by atoms with E-state index < -0.39 is 5.25 Å². The molecule has 1 aromatic rings. The normalized spacial score (nSPS) is 19.5. The molecule has 8 heteroatoms. The van der Waals surface area contributed by atoms with Crippen LogP contribution in [0, 0.1) is 0 Å². The number of carbonyl (C=O) groups is 2. The quantitative estimate of drug-likeness (QED) is 0.856. The van der Waals surface area contributed by atoms with Gasteiger partial charge in [-0.2, -0.15) is 0 Å². The zero-order valence-corrected chi connectivity index (χ0v) is 15.1. The number of amides is 2. The zero-order valence-electron chi connectivity index (χ0n) is 12.8.